The van der Waals surface area contributed by atoms with E-state index in [1.54, 1.807) is 11.8 Å². The van der Waals surface area contributed by atoms with E-state index in [0.717, 1.165) is 12.5 Å². The van der Waals surface area contributed by atoms with Gasteiger partial charge >= 0.3 is 0 Å². The molecular weight excluding hydrogens is 257 g/mol. The number of hydrogen-bond acceptors (Lipinski definition) is 2. The second-order valence-electron chi connectivity index (χ2n) is 4.95. The predicted molar refractivity (Wildman–Crippen MR) is 67.2 cm³/mol. The zero-order chi connectivity index (χ0) is 13.3. The van der Waals surface area contributed by atoms with Gasteiger partial charge in [0.1, 0.15) is 5.82 Å². The fraction of sp³-hybridized carbons (Fsp3) is 0.462. The van der Waals surface area contributed by atoms with Crippen LogP contribution in [0.1, 0.15) is 30.1 Å². The summed E-state index contributed by atoms with van der Waals surface area (Å²) in [5.74, 6) is -0.734. The van der Waals surface area contributed by atoms with E-state index in [1.165, 1.54) is 12.1 Å². The Hall–Kier alpha value is -1.13. The molecular formula is C13H15ClFNO2. The van der Waals surface area contributed by atoms with Crippen LogP contribution in [0, 0.1) is 5.82 Å². The van der Waals surface area contributed by atoms with Gasteiger partial charge in [0.2, 0.25) is 0 Å². The van der Waals surface area contributed by atoms with E-state index in [1.807, 2.05) is 0 Å². The highest BCUT2D eigenvalue weighted by Gasteiger charge is 2.31. The van der Waals surface area contributed by atoms with Crippen LogP contribution in [0.15, 0.2) is 18.2 Å². The van der Waals surface area contributed by atoms with Crippen LogP contribution in [0.2, 0.25) is 5.02 Å². The van der Waals surface area contributed by atoms with Gasteiger partial charge in [-0.15, -0.1) is 0 Å². The van der Waals surface area contributed by atoms with Gasteiger partial charge in [0, 0.05) is 13.1 Å². The molecule has 0 saturated carbocycles. The molecule has 3 nitrogen and oxygen atoms in total. The SMILES string of the molecule is CC1(O)CCCN(C(=O)c2ccc(F)cc2Cl)C1. The van der Waals surface area contributed by atoms with Crippen molar-refractivity contribution in [3.8, 4) is 0 Å². The molecule has 0 spiro atoms. The van der Waals surface area contributed by atoms with Gasteiger partial charge in [0.15, 0.2) is 0 Å². The average Bonchev–Trinajstić information content (AvgIpc) is 2.27. The van der Waals surface area contributed by atoms with Crippen molar-refractivity contribution in [1.29, 1.82) is 0 Å². The molecule has 1 heterocycles. The van der Waals surface area contributed by atoms with Gasteiger partial charge < -0.3 is 10.0 Å². The molecule has 0 aliphatic carbocycles. The van der Waals surface area contributed by atoms with Crippen LogP contribution in [-0.4, -0.2) is 34.6 Å². The van der Waals surface area contributed by atoms with Crippen LogP contribution in [-0.2, 0) is 0 Å². The summed E-state index contributed by atoms with van der Waals surface area (Å²) >= 11 is 5.86. The minimum absolute atomic E-state index is 0.102. The number of carbonyl (C=O) groups excluding carboxylic acids is 1. The van der Waals surface area contributed by atoms with E-state index in [-0.39, 0.29) is 23.0 Å². The van der Waals surface area contributed by atoms with Crippen molar-refractivity contribution in [2.75, 3.05) is 13.1 Å². The molecule has 18 heavy (non-hydrogen) atoms. The molecule has 5 heteroatoms. The summed E-state index contributed by atoms with van der Waals surface area (Å²) in [6.07, 6.45) is 1.42. The maximum Gasteiger partial charge on any atom is 0.255 e. The van der Waals surface area contributed by atoms with Gasteiger partial charge in [-0.2, -0.15) is 0 Å². The molecule has 0 bridgehead atoms. The number of carbonyl (C=O) groups is 1. The molecule has 1 aliphatic rings. The van der Waals surface area contributed by atoms with Gasteiger partial charge in [-0.25, -0.2) is 4.39 Å². The number of benzene rings is 1. The Morgan fingerprint density at radius 1 is 1.56 bits per heavy atom. The molecule has 2 rings (SSSR count). The summed E-state index contributed by atoms with van der Waals surface area (Å²) < 4.78 is 12.9. The Morgan fingerprint density at radius 2 is 2.28 bits per heavy atom. The molecule has 1 unspecified atom stereocenters. The van der Waals surface area contributed by atoms with E-state index in [4.69, 9.17) is 11.6 Å². The first kappa shape index (κ1) is 13.3. The summed E-state index contributed by atoms with van der Waals surface area (Å²) in [5, 5.41) is 10.1. The molecule has 1 N–H and O–H groups in total. The fourth-order valence-corrected chi connectivity index (χ4v) is 2.47. The summed E-state index contributed by atoms with van der Waals surface area (Å²) in [7, 11) is 0. The quantitative estimate of drug-likeness (QED) is 0.852. The molecule has 1 amide bonds. The zero-order valence-electron chi connectivity index (χ0n) is 10.1. The maximum atomic E-state index is 12.9. The monoisotopic (exact) mass is 271 g/mol. The highest BCUT2D eigenvalue weighted by atomic mass is 35.5. The number of nitrogens with zero attached hydrogens (tertiary/aromatic N) is 1. The summed E-state index contributed by atoms with van der Waals surface area (Å²) in [6.45, 7) is 2.57. The molecule has 0 aromatic heterocycles. The average molecular weight is 272 g/mol. The Labute approximate surface area is 110 Å². The van der Waals surface area contributed by atoms with Crippen LogP contribution >= 0.6 is 11.6 Å². The Bertz CT molecular complexity index is 476. The number of rotatable bonds is 1. The van der Waals surface area contributed by atoms with Gasteiger partial charge in [-0.1, -0.05) is 11.6 Å². The summed E-state index contributed by atoms with van der Waals surface area (Å²) in [6, 6.07) is 3.71. The van der Waals surface area contributed by atoms with Crippen LogP contribution in [0.3, 0.4) is 0 Å². The van der Waals surface area contributed by atoms with Crippen molar-refractivity contribution in [1.82, 2.24) is 4.90 Å². The molecule has 1 atom stereocenters. The van der Waals surface area contributed by atoms with Crippen LogP contribution in [0.4, 0.5) is 4.39 Å². The van der Waals surface area contributed by atoms with Crippen molar-refractivity contribution in [3.63, 3.8) is 0 Å². The lowest BCUT2D eigenvalue weighted by molar-refractivity contribution is -0.0107. The number of aliphatic hydroxyl groups is 1. The van der Waals surface area contributed by atoms with E-state index in [9.17, 15) is 14.3 Å². The highest BCUT2D eigenvalue weighted by Crippen LogP contribution is 2.24. The highest BCUT2D eigenvalue weighted by molar-refractivity contribution is 6.33. The lowest BCUT2D eigenvalue weighted by Crippen LogP contribution is -2.48. The first-order valence-corrected chi connectivity index (χ1v) is 6.23. The second-order valence-corrected chi connectivity index (χ2v) is 5.36. The van der Waals surface area contributed by atoms with E-state index < -0.39 is 11.4 Å². The van der Waals surface area contributed by atoms with Crippen molar-refractivity contribution >= 4 is 17.5 Å². The smallest absolute Gasteiger partial charge is 0.255 e. The topological polar surface area (TPSA) is 40.5 Å². The van der Waals surface area contributed by atoms with E-state index >= 15 is 0 Å². The number of β-amino-alcohol motifs (C(OH)–C–C–N with tert-alkyl or cyclic N) is 1. The molecule has 1 fully saturated rings. The lowest BCUT2D eigenvalue weighted by atomic mass is 9.94. The third-order valence-electron chi connectivity index (χ3n) is 3.12. The Balaban J connectivity index is 2.20. The van der Waals surface area contributed by atoms with Crippen LogP contribution < -0.4 is 0 Å². The van der Waals surface area contributed by atoms with Crippen molar-refractivity contribution < 1.29 is 14.3 Å². The van der Waals surface area contributed by atoms with Gasteiger partial charge in [0.25, 0.3) is 5.91 Å². The summed E-state index contributed by atoms with van der Waals surface area (Å²) in [5.41, 5.74) is -0.587. The minimum atomic E-state index is -0.861. The van der Waals surface area contributed by atoms with Crippen LogP contribution in [0.5, 0.6) is 0 Å². The minimum Gasteiger partial charge on any atom is -0.388 e. The molecule has 1 aliphatic heterocycles. The first-order valence-electron chi connectivity index (χ1n) is 5.86. The van der Waals surface area contributed by atoms with Crippen molar-refractivity contribution in [3.05, 3.63) is 34.6 Å². The number of hydrogen-bond donors (Lipinski definition) is 1. The van der Waals surface area contributed by atoms with Gasteiger partial charge in [-0.05, 0) is 38.0 Å². The molecule has 1 aromatic rings. The molecule has 0 radical (unpaired) electrons. The van der Waals surface area contributed by atoms with Crippen molar-refractivity contribution in [2.24, 2.45) is 0 Å². The third kappa shape index (κ3) is 2.82. The second kappa shape index (κ2) is 4.86. The Kier molecular flexibility index (Phi) is 3.59. The standard InChI is InChI=1S/C13H15ClFNO2/c1-13(18)5-2-6-16(8-13)12(17)10-4-3-9(15)7-11(10)14/h3-4,7,18H,2,5-6,8H2,1H3. The maximum absolute atomic E-state index is 12.9. The van der Waals surface area contributed by atoms with E-state index in [0.29, 0.717) is 13.0 Å². The normalized spacial score (nSPS) is 24.1. The fourth-order valence-electron chi connectivity index (χ4n) is 2.23. The number of piperidine rings is 1. The van der Waals surface area contributed by atoms with E-state index in [2.05, 4.69) is 0 Å². The lowest BCUT2D eigenvalue weighted by Gasteiger charge is -2.37. The summed E-state index contributed by atoms with van der Waals surface area (Å²) in [4.78, 5) is 13.8. The molecule has 1 saturated heterocycles. The molecule has 98 valence electrons. The first-order chi connectivity index (χ1) is 8.39. The van der Waals surface area contributed by atoms with Crippen LogP contribution in [0.25, 0.3) is 0 Å². The third-order valence-corrected chi connectivity index (χ3v) is 3.44. The van der Waals surface area contributed by atoms with Gasteiger partial charge in [-0.3, -0.25) is 4.79 Å². The zero-order valence-corrected chi connectivity index (χ0v) is 10.9. The largest absolute Gasteiger partial charge is 0.388 e. The van der Waals surface area contributed by atoms with Crippen molar-refractivity contribution in [2.45, 2.75) is 25.4 Å². The number of amides is 1. The Morgan fingerprint density at radius 3 is 2.89 bits per heavy atom. The number of likely N-dealkylation sites (tertiary alicyclic amines) is 1. The molecule has 1 aromatic carbocycles. The number of halogens is 2. The predicted octanol–water partition coefficient (Wildman–Crippen LogP) is 2.47. The van der Waals surface area contributed by atoms with Gasteiger partial charge in [0.05, 0.1) is 16.2 Å².